The molecule has 0 bridgehead atoms. The van der Waals surface area contributed by atoms with Crippen LogP contribution >= 0.6 is 11.6 Å². The lowest BCUT2D eigenvalue weighted by atomic mass is 10.0. The van der Waals surface area contributed by atoms with Crippen molar-refractivity contribution in [1.29, 1.82) is 0 Å². The van der Waals surface area contributed by atoms with E-state index < -0.39 is 0 Å². The van der Waals surface area contributed by atoms with Crippen molar-refractivity contribution in [3.05, 3.63) is 64.7 Å². The van der Waals surface area contributed by atoms with Gasteiger partial charge >= 0.3 is 0 Å². The molecule has 2 aromatic rings. The van der Waals surface area contributed by atoms with Gasteiger partial charge in [0.2, 0.25) is 0 Å². The molecule has 8 nitrogen and oxygen atoms in total. The summed E-state index contributed by atoms with van der Waals surface area (Å²) in [6.07, 6.45) is 5.12. The van der Waals surface area contributed by atoms with E-state index in [0.717, 1.165) is 51.3 Å². The molecule has 10 heteroatoms. The van der Waals surface area contributed by atoms with Crippen LogP contribution in [0.5, 0.6) is 0 Å². The van der Waals surface area contributed by atoms with Gasteiger partial charge in [-0.1, -0.05) is 11.6 Å². The van der Waals surface area contributed by atoms with E-state index in [2.05, 4.69) is 26.9 Å². The molecule has 1 unspecified atom stereocenters. The second-order valence-corrected chi connectivity index (χ2v) is 9.86. The molecule has 1 aromatic heterocycles. The zero-order valence-corrected chi connectivity index (χ0v) is 22.1. The van der Waals surface area contributed by atoms with Crippen molar-refractivity contribution in [2.75, 3.05) is 46.4 Å². The van der Waals surface area contributed by atoms with Crippen LogP contribution < -0.4 is 5.84 Å². The number of aliphatic imine (C=N–C) groups is 1. The van der Waals surface area contributed by atoms with Crippen LogP contribution in [0.1, 0.15) is 31.0 Å². The third-order valence-electron chi connectivity index (χ3n) is 6.46. The molecule has 2 fully saturated rings. The van der Waals surface area contributed by atoms with Crippen molar-refractivity contribution in [2.24, 2.45) is 15.9 Å². The molecule has 1 aromatic carbocycles. The number of nitrogens with two attached hydrogens (primary N) is 1. The Kier molecular flexibility index (Phi) is 9.62. The average Bonchev–Trinajstić information content (AvgIpc) is 3.32. The van der Waals surface area contributed by atoms with Gasteiger partial charge in [-0.05, 0) is 75.5 Å². The van der Waals surface area contributed by atoms with Gasteiger partial charge in [-0.15, -0.1) is 5.10 Å². The van der Waals surface area contributed by atoms with Crippen molar-refractivity contribution in [3.63, 3.8) is 0 Å². The van der Waals surface area contributed by atoms with Gasteiger partial charge in [-0.25, -0.2) is 9.38 Å². The van der Waals surface area contributed by atoms with E-state index in [9.17, 15) is 4.39 Å². The van der Waals surface area contributed by atoms with Gasteiger partial charge in [0.25, 0.3) is 5.90 Å². The standard InChI is InChI=1S/C27H34ClFN6O2/c1-19(24-15-20(28)4-5-25(24)29)14-26(27(33-30)37-23-7-13-36-18-23)32-21-6-8-31-22(16-21)17-35-10-3-9-34(2)11-12-35/h4-6,8,14-16,23H,3,7,9-13,17-18,30H2,1-2H3/b19-14+,32-26?,33-27?. The lowest BCUT2D eigenvalue weighted by molar-refractivity contribution is 0.136. The summed E-state index contributed by atoms with van der Waals surface area (Å²) < 4.78 is 26.0. The monoisotopic (exact) mass is 528 g/mol. The maximum Gasteiger partial charge on any atom is 0.256 e. The molecule has 1 atom stereocenters. The molecule has 4 rings (SSSR count). The topological polar surface area (TPSA) is 88.6 Å². The van der Waals surface area contributed by atoms with E-state index in [-0.39, 0.29) is 17.8 Å². The lowest BCUT2D eigenvalue weighted by Crippen LogP contribution is -2.28. The molecular formula is C27H34ClFN6O2. The van der Waals surface area contributed by atoms with E-state index in [0.29, 0.717) is 40.8 Å². The SMILES string of the molecule is C/C(=C\C(=Nc1ccnc(CN2CCCN(C)CC2)c1)C(=NN)OC1CCOC1)c1cc(Cl)ccc1F. The van der Waals surface area contributed by atoms with Crippen LogP contribution in [0.3, 0.4) is 0 Å². The Morgan fingerprint density at radius 1 is 1.27 bits per heavy atom. The van der Waals surface area contributed by atoms with Crippen LogP contribution in [0.15, 0.2) is 52.7 Å². The predicted octanol–water partition coefficient (Wildman–Crippen LogP) is 4.27. The number of hydrazone groups is 1. The number of allylic oxidation sites excluding steroid dienone is 1. The third kappa shape index (κ3) is 7.82. The fourth-order valence-corrected chi connectivity index (χ4v) is 4.56. The second-order valence-electron chi connectivity index (χ2n) is 9.42. The van der Waals surface area contributed by atoms with E-state index in [1.54, 1.807) is 25.3 Å². The summed E-state index contributed by atoms with van der Waals surface area (Å²) in [5.41, 5.74) is 2.94. The Morgan fingerprint density at radius 2 is 2.14 bits per heavy atom. The lowest BCUT2D eigenvalue weighted by Gasteiger charge is -2.19. The van der Waals surface area contributed by atoms with Crippen LogP contribution in [0.4, 0.5) is 10.1 Å². The molecule has 2 saturated heterocycles. The van der Waals surface area contributed by atoms with Crippen molar-refractivity contribution >= 4 is 34.5 Å². The molecule has 0 spiro atoms. The number of nitrogens with zero attached hydrogens (tertiary/aromatic N) is 5. The van der Waals surface area contributed by atoms with Gasteiger partial charge in [0.05, 0.1) is 24.6 Å². The normalized spacial score (nSPS) is 20.8. The first kappa shape index (κ1) is 27.2. The first-order valence-electron chi connectivity index (χ1n) is 12.5. The van der Waals surface area contributed by atoms with Crippen LogP contribution in [0, 0.1) is 5.82 Å². The summed E-state index contributed by atoms with van der Waals surface area (Å²) in [5, 5.41) is 4.32. The van der Waals surface area contributed by atoms with Crippen LogP contribution in [0.25, 0.3) is 5.57 Å². The smallest absolute Gasteiger partial charge is 0.256 e. The number of aromatic nitrogens is 1. The fraction of sp³-hybridized carbons (Fsp3) is 0.444. The largest absolute Gasteiger partial charge is 0.469 e. The van der Waals surface area contributed by atoms with Gasteiger partial charge in [0.1, 0.15) is 17.6 Å². The van der Waals surface area contributed by atoms with E-state index >= 15 is 0 Å². The summed E-state index contributed by atoms with van der Waals surface area (Å²) in [5.74, 6) is 5.52. The van der Waals surface area contributed by atoms with Gasteiger partial charge in [0.15, 0.2) is 0 Å². The molecule has 0 radical (unpaired) electrons. The number of rotatable bonds is 7. The highest BCUT2D eigenvalue weighted by Crippen LogP contribution is 2.24. The summed E-state index contributed by atoms with van der Waals surface area (Å²) in [6.45, 7) is 7.73. The number of hydrogen-bond donors (Lipinski definition) is 1. The molecule has 2 aliphatic heterocycles. The highest BCUT2D eigenvalue weighted by Gasteiger charge is 2.22. The van der Waals surface area contributed by atoms with E-state index in [4.69, 9.17) is 31.9 Å². The van der Waals surface area contributed by atoms with Gasteiger partial charge in [0, 0.05) is 42.8 Å². The average molecular weight is 529 g/mol. The van der Waals surface area contributed by atoms with Crippen molar-refractivity contribution in [2.45, 2.75) is 32.4 Å². The number of likely N-dealkylation sites (N-methyl/N-ethyl adjacent to an activating group) is 1. The summed E-state index contributed by atoms with van der Waals surface area (Å²) in [7, 11) is 2.15. The Hall–Kier alpha value is -2.85. The maximum absolute atomic E-state index is 14.6. The Morgan fingerprint density at radius 3 is 2.92 bits per heavy atom. The van der Waals surface area contributed by atoms with Gasteiger partial charge in [-0.3, -0.25) is 9.88 Å². The molecule has 0 saturated carbocycles. The van der Waals surface area contributed by atoms with Crippen LogP contribution in [-0.4, -0.2) is 78.9 Å². The number of halogens is 2. The zero-order valence-electron chi connectivity index (χ0n) is 21.4. The number of benzene rings is 1. The molecule has 2 aliphatic rings. The summed E-state index contributed by atoms with van der Waals surface area (Å²) >= 11 is 6.13. The first-order valence-corrected chi connectivity index (χ1v) is 12.9. The first-order chi connectivity index (χ1) is 17.9. The molecule has 0 amide bonds. The minimum absolute atomic E-state index is 0.159. The molecule has 0 aliphatic carbocycles. The van der Waals surface area contributed by atoms with Gasteiger partial charge in [-0.2, -0.15) is 0 Å². The molecule has 2 N–H and O–H groups in total. The summed E-state index contributed by atoms with van der Waals surface area (Å²) in [6, 6.07) is 8.19. The Bertz CT molecular complexity index is 1170. The van der Waals surface area contributed by atoms with E-state index in [1.807, 2.05) is 12.1 Å². The fourth-order valence-electron chi connectivity index (χ4n) is 4.39. The predicted molar refractivity (Wildman–Crippen MR) is 146 cm³/mol. The number of ether oxygens (including phenoxy) is 2. The molecule has 3 heterocycles. The van der Waals surface area contributed by atoms with E-state index in [1.165, 1.54) is 12.1 Å². The highest BCUT2D eigenvalue weighted by molar-refractivity contribution is 6.45. The van der Waals surface area contributed by atoms with Crippen LogP contribution in [-0.2, 0) is 16.0 Å². The van der Waals surface area contributed by atoms with Crippen LogP contribution in [0.2, 0.25) is 5.02 Å². The molecular weight excluding hydrogens is 495 g/mol. The summed E-state index contributed by atoms with van der Waals surface area (Å²) in [4.78, 5) is 14.1. The number of hydrogen-bond acceptors (Lipinski definition) is 8. The van der Waals surface area contributed by atoms with Gasteiger partial charge < -0.3 is 20.2 Å². The Labute approximate surface area is 222 Å². The quantitative estimate of drug-likeness (QED) is 0.250. The second kappa shape index (κ2) is 13.1. The maximum atomic E-state index is 14.6. The van der Waals surface area contributed by atoms with Crippen molar-refractivity contribution in [3.8, 4) is 0 Å². The number of pyridine rings is 1. The minimum atomic E-state index is -0.386. The molecule has 198 valence electrons. The molecule has 37 heavy (non-hydrogen) atoms. The third-order valence-corrected chi connectivity index (χ3v) is 6.69. The van der Waals surface area contributed by atoms with Crippen molar-refractivity contribution < 1.29 is 13.9 Å². The highest BCUT2D eigenvalue weighted by atomic mass is 35.5. The minimum Gasteiger partial charge on any atom is -0.469 e. The zero-order chi connectivity index (χ0) is 26.2. The Balaban J connectivity index is 1.64. The van der Waals surface area contributed by atoms with Crippen molar-refractivity contribution in [1.82, 2.24) is 14.8 Å².